The van der Waals surface area contributed by atoms with Gasteiger partial charge in [0.2, 0.25) is 0 Å². The van der Waals surface area contributed by atoms with Crippen molar-refractivity contribution >= 4 is 11.9 Å². The quantitative estimate of drug-likeness (QED) is 0.833. The van der Waals surface area contributed by atoms with Crippen molar-refractivity contribution in [1.29, 1.82) is 0 Å². The van der Waals surface area contributed by atoms with Crippen LogP contribution in [0.15, 0.2) is 24.3 Å². The molecule has 2 N–H and O–H groups in total. The van der Waals surface area contributed by atoms with E-state index in [4.69, 9.17) is 0 Å². The second-order valence-electron chi connectivity index (χ2n) is 6.21. The summed E-state index contributed by atoms with van der Waals surface area (Å²) in [7, 11) is 3.34. The van der Waals surface area contributed by atoms with E-state index in [1.165, 1.54) is 10.5 Å². The van der Waals surface area contributed by atoms with Crippen LogP contribution in [0.1, 0.15) is 36.7 Å². The SMILES string of the molecule is CN(C)C(=O)NCCNC(=O)c1ccc(C(C)(C)C)cc1. The molecule has 0 fully saturated rings. The van der Waals surface area contributed by atoms with Crippen LogP contribution in [0, 0.1) is 0 Å². The summed E-state index contributed by atoms with van der Waals surface area (Å²) in [6, 6.07) is 7.44. The van der Waals surface area contributed by atoms with Crippen LogP contribution in [0.4, 0.5) is 4.79 Å². The Morgan fingerprint density at radius 2 is 1.52 bits per heavy atom. The van der Waals surface area contributed by atoms with E-state index in [9.17, 15) is 9.59 Å². The molecular formula is C16H25N3O2. The average Bonchev–Trinajstić information content (AvgIpc) is 2.42. The second-order valence-corrected chi connectivity index (χ2v) is 6.21. The van der Waals surface area contributed by atoms with Gasteiger partial charge in [-0.3, -0.25) is 4.79 Å². The third-order valence-electron chi connectivity index (χ3n) is 3.11. The summed E-state index contributed by atoms with van der Waals surface area (Å²) in [5.74, 6) is -0.130. The number of nitrogens with zero attached hydrogens (tertiary/aromatic N) is 1. The summed E-state index contributed by atoms with van der Waals surface area (Å²) in [5.41, 5.74) is 1.89. The molecule has 0 bridgehead atoms. The molecule has 21 heavy (non-hydrogen) atoms. The van der Waals surface area contributed by atoms with E-state index in [0.717, 1.165) is 0 Å². The maximum absolute atomic E-state index is 11.9. The Balaban J connectivity index is 2.44. The molecule has 0 radical (unpaired) electrons. The summed E-state index contributed by atoms with van der Waals surface area (Å²) in [5, 5.41) is 5.47. The number of nitrogens with one attached hydrogen (secondary N) is 2. The molecule has 5 nitrogen and oxygen atoms in total. The molecule has 0 aromatic heterocycles. The van der Waals surface area contributed by atoms with Crippen molar-refractivity contribution in [3.05, 3.63) is 35.4 Å². The normalized spacial score (nSPS) is 10.9. The van der Waals surface area contributed by atoms with Crippen molar-refractivity contribution in [2.24, 2.45) is 0 Å². The first-order chi connectivity index (χ1) is 9.71. The minimum Gasteiger partial charge on any atom is -0.350 e. The third-order valence-corrected chi connectivity index (χ3v) is 3.11. The second kappa shape index (κ2) is 7.11. The molecule has 1 aromatic rings. The number of benzene rings is 1. The monoisotopic (exact) mass is 291 g/mol. The third kappa shape index (κ3) is 5.45. The molecule has 0 atom stereocenters. The Hall–Kier alpha value is -2.04. The van der Waals surface area contributed by atoms with E-state index < -0.39 is 0 Å². The standard InChI is InChI=1S/C16H25N3O2/c1-16(2,3)13-8-6-12(7-9-13)14(20)17-10-11-18-15(21)19(4)5/h6-9H,10-11H2,1-5H3,(H,17,20)(H,18,21). The molecular weight excluding hydrogens is 266 g/mol. The molecule has 0 aliphatic carbocycles. The molecule has 1 aromatic carbocycles. The first-order valence-corrected chi connectivity index (χ1v) is 7.05. The van der Waals surface area contributed by atoms with Gasteiger partial charge in [-0.2, -0.15) is 0 Å². The summed E-state index contributed by atoms with van der Waals surface area (Å²) in [6.07, 6.45) is 0. The summed E-state index contributed by atoms with van der Waals surface area (Å²) >= 11 is 0. The molecule has 0 spiro atoms. The fourth-order valence-electron chi connectivity index (χ4n) is 1.73. The van der Waals surface area contributed by atoms with Gasteiger partial charge in [-0.15, -0.1) is 0 Å². The largest absolute Gasteiger partial charge is 0.350 e. The highest BCUT2D eigenvalue weighted by Gasteiger charge is 2.14. The lowest BCUT2D eigenvalue weighted by molar-refractivity contribution is 0.0953. The van der Waals surface area contributed by atoms with Gasteiger partial charge in [0, 0.05) is 32.7 Å². The molecule has 0 heterocycles. The van der Waals surface area contributed by atoms with Gasteiger partial charge in [-0.1, -0.05) is 32.9 Å². The number of urea groups is 1. The number of hydrogen-bond acceptors (Lipinski definition) is 2. The molecule has 116 valence electrons. The fraction of sp³-hybridized carbons (Fsp3) is 0.500. The van der Waals surface area contributed by atoms with E-state index in [0.29, 0.717) is 18.7 Å². The number of amides is 3. The Labute approximate surface area is 126 Å². The van der Waals surface area contributed by atoms with Gasteiger partial charge in [-0.05, 0) is 23.1 Å². The van der Waals surface area contributed by atoms with Crippen molar-refractivity contribution in [2.75, 3.05) is 27.2 Å². The molecule has 0 saturated carbocycles. The fourth-order valence-corrected chi connectivity index (χ4v) is 1.73. The average molecular weight is 291 g/mol. The first-order valence-electron chi connectivity index (χ1n) is 7.05. The van der Waals surface area contributed by atoms with Crippen LogP contribution in [0.25, 0.3) is 0 Å². The molecule has 0 aliphatic rings. The maximum Gasteiger partial charge on any atom is 0.316 e. The smallest absolute Gasteiger partial charge is 0.316 e. The van der Waals surface area contributed by atoms with E-state index in [-0.39, 0.29) is 17.4 Å². The van der Waals surface area contributed by atoms with Crippen LogP contribution in [-0.4, -0.2) is 44.0 Å². The van der Waals surface area contributed by atoms with Crippen LogP contribution in [0.3, 0.4) is 0 Å². The van der Waals surface area contributed by atoms with Gasteiger partial charge in [0.25, 0.3) is 5.91 Å². The van der Waals surface area contributed by atoms with Crippen molar-refractivity contribution in [1.82, 2.24) is 15.5 Å². The molecule has 5 heteroatoms. The highest BCUT2D eigenvalue weighted by molar-refractivity contribution is 5.94. The zero-order chi connectivity index (χ0) is 16.0. The first kappa shape index (κ1) is 17.0. The van der Waals surface area contributed by atoms with Gasteiger partial charge < -0.3 is 15.5 Å². The number of carbonyl (C=O) groups is 2. The Kier molecular flexibility index (Phi) is 5.76. The van der Waals surface area contributed by atoms with Crippen molar-refractivity contribution < 1.29 is 9.59 Å². The van der Waals surface area contributed by atoms with Gasteiger partial charge in [0.05, 0.1) is 0 Å². The summed E-state index contributed by atoms with van der Waals surface area (Å²) in [4.78, 5) is 24.7. The lowest BCUT2D eigenvalue weighted by atomic mass is 9.87. The van der Waals surface area contributed by atoms with Gasteiger partial charge in [0.1, 0.15) is 0 Å². The van der Waals surface area contributed by atoms with Crippen molar-refractivity contribution in [2.45, 2.75) is 26.2 Å². The predicted octanol–water partition coefficient (Wildman–Crippen LogP) is 1.99. The van der Waals surface area contributed by atoms with E-state index in [1.807, 2.05) is 24.3 Å². The molecule has 3 amide bonds. The maximum atomic E-state index is 11.9. The van der Waals surface area contributed by atoms with Crippen molar-refractivity contribution in [3.8, 4) is 0 Å². The van der Waals surface area contributed by atoms with Crippen LogP contribution < -0.4 is 10.6 Å². The molecule has 0 saturated heterocycles. The zero-order valence-electron chi connectivity index (χ0n) is 13.5. The lowest BCUT2D eigenvalue weighted by Gasteiger charge is -2.19. The minimum absolute atomic E-state index is 0.0749. The van der Waals surface area contributed by atoms with E-state index >= 15 is 0 Å². The van der Waals surface area contributed by atoms with Crippen LogP contribution in [0.2, 0.25) is 0 Å². The van der Waals surface area contributed by atoms with Gasteiger partial charge in [-0.25, -0.2) is 4.79 Å². The highest BCUT2D eigenvalue weighted by Crippen LogP contribution is 2.22. The number of rotatable bonds is 4. The lowest BCUT2D eigenvalue weighted by Crippen LogP contribution is -2.39. The van der Waals surface area contributed by atoms with Gasteiger partial charge >= 0.3 is 6.03 Å². The molecule has 0 unspecified atom stereocenters. The Morgan fingerprint density at radius 1 is 1.00 bits per heavy atom. The van der Waals surface area contributed by atoms with E-state index in [2.05, 4.69) is 31.4 Å². The zero-order valence-corrected chi connectivity index (χ0v) is 13.5. The number of hydrogen-bond donors (Lipinski definition) is 2. The summed E-state index contributed by atoms with van der Waals surface area (Å²) < 4.78 is 0. The highest BCUT2D eigenvalue weighted by atomic mass is 16.2. The predicted molar refractivity (Wildman–Crippen MR) is 84.6 cm³/mol. The van der Waals surface area contributed by atoms with E-state index in [1.54, 1.807) is 14.1 Å². The Bertz CT molecular complexity index is 487. The Morgan fingerprint density at radius 3 is 2.00 bits per heavy atom. The van der Waals surface area contributed by atoms with Crippen molar-refractivity contribution in [3.63, 3.8) is 0 Å². The summed E-state index contributed by atoms with van der Waals surface area (Å²) in [6.45, 7) is 7.21. The minimum atomic E-state index is -0.168. The number of carbonyl (C=O) groups excluding carboxylic acids is 2. The van der Waals surface area contributed by atoms with Crippen LogP contribution >= 0.6 is 0 Å². The topological polar surface area (TPSA) is 61.4 Å². The molecule has 1 rings (SSSR count). The molecule has 0 aliphatic heterocycles. The van der Waals surface area contributed by atoms with Crippen LogP contribution in [0.5, 0.6) is 0 Å². The van der Waals surface area contributed by atoms with Gasteiger partial charge in [0.15, 0.2) is 0 Å². The van der Waals surface area contributed by atoms with Crippen LogP contribution in [-0.2, 0) is 5.41 Å².